The quantitative estimate of drug-likeness (QED) is 0.746. The Labute approximate surface area is 166 Å². The van der Waals surface area contributed by atoms with Gasteiger partial charge in [-0.15, -0.1) is 0 Å². The molecule has 1 N–H and O–H groups in total. The van der Waals surface area contributed by atoms with Gasteiger partial charge in [-0.05, 0) is 18.9 Å². The van der Waals surface area contributed by atoms with Gasteiger partial charge >= 0.3 is 0 Å². The van der Waals surface area contributed by atoms with E-state index >= 15 is 0 Å². The fourth-order valence-electron chi connectivity index (χ4n) is 3.57. The van der Waals surface area contributed by atoms with E-state index in [0.717, 1.165) is 31.9 Å². The van der Waals surface area contributed by atoms with Gasteiger partial charge in [-0.3, -0.25) is 14.5 Å². The zero-order chi connectivity index (χ0) is 19.9. The van der Waals surface area contributed by atoms with Crippen LogP contribution in [0, 0.1) is 0 Å². The number of aromatic nitrogens is 2. The molecule has 2 aromatic rings. The first-order valence-corrected chi connectivity index (χ1v) is 9.88. The largest absolute Gasteiger partial charge is 0.353 e. The summed E-state index contributed by atoms with van der Waals surface area (Å²) in [5.74, 6) is 0.751. The van der Waals surface area contributed by atoms with E-state index in [1.54, 1.807) is 18.1 Å². The van der Waals surface area contributed by atoms with Gasteiger partial charge < -0.3 is 14.8 Å². The van der Waals surface area contributed by atoms with Crippen LogP contribution in [0.2, 0.25) is 0 Å². The molecule has 2 amide bonds. The molecule has 2 heterocycles. The average Bonchev–Trinajstić information content (AvgIpc) is 3.16. The number of aryl methyl sites for hydroxylation is 1. The molecule has 1 aliphatic heterocycles. The Hall–Kier alpha value is -2.67. The zero-order valence-electron chi connectivity index (χ0n) is 16.7. The molecule has 150 valence electrons. The average molecular weight is 383 g/mol. The molecule has 1 fully saturated rings. The van der Waals surface area contributed by atoms with Gasteiger partial charge in [-0.2, -0.15) is 0 Å². The van der Waals surface area contributed by atoms with E-state index in [1.807, 2.05) is 35.9 Å². The summed E-state index contributed by atoms with van der Waals surface area (Å²) in [6.07, 6.45) is 4.71. The van der Waals surface area contributed by atoms with Crippen LogP contribution in [0.1, 0.15) is 24.7 Å². The van der Waals surface area contributed by atoms with Gasteiger partial charge in [-0.25, -0.2) is 4.98 Å². The van der Waals surface area contributed by atoms with Gasteiger partial charge in [0.15, 0.2) is 0 Å². The molecule has 0 bridgehead atoms. The van der Waals surface area contributed by atoms with E-state index in [0.29, 0.717) is 13.1 Å². The van der Waals surface area contributed by atoms with Crippen LogP contribution in [0.25, 0.3) is 0 Å². The second-order valence-corrected chi connectivity index (χ2v) is 7.16. The number of nitrogens with one attached hydrogen (secondary N) is 1. The Kier molecular flexibility index (Phi) is 6.81. The maximum Gasteiger partial charge on any atom is 0.237 e. The molecule has 0 radical (unpaired) electrons. The summed E-state index contributed by atoms with van der Waals surface area (Å²) >= 11 is 0. The Morgan fingerprint density at radius 1 is 1.32 bits per heavy atom. The third-order valence-electron chi connectivity index (χ3n) is 5.29. The van der Waals surface area contributed by atoms with Crippen LogP contribution in [0.3, 0.4) is 0 Å². The highest BCUT2D eigenvalue weighted by molar-refractivity contribution is 5.88. The number of benzene rings is 1. The first kappa shape index (κ1) is 20.1. The molecule has 0 unspecified atom stereocenters. The lowest BCUT2D eigenvalue weighted by Crippen LogP contribution is -2.56. The van der Waals surface area contributed by atoms with Crippen molar-refractivity contribution in [3.63, 3.8) is 0 Å². The number of hydrogen-bond donors (Lipinski definition) is 1. The SMILES string of the molecule is CCn1ccnc1CN(C)C(=O)C[C@@H]1C(=O)NCCN1CCc1ccccc1. The summed E-state index contributed by atoms with van der Waals surface area (Å²) in [6, 6.07) is 9.81. The van der Waals surface area contributed by atoms with E-state index in [9.17, 15) is 9.59 Å². The second kappa shape index (κ2) is 9.50. The molecule has 7 nitrogen and oxygen atoms in total. The van der Waals surface area contributed by atoms with Crippen molar-refractivity contribution in [2.75, 3.05) is 26.7 Å². The van der Waals surface area contributed by atoms with Gasteiger partial charge in [0.05, 0.1) is 19.0 Å². The summed E-state index contributed by atoms with van der Waals surface area (Å²) < 4.78 is 2.02. The van der Waals surface area contributed by atoms with Crippen molar-refractivity contribution < 1.29 is 9.59 Å². The van der Waals surface area contributed by atoms with E-state index in [2.05, 4.69) is 27.3 Å². The summed E-state index contributed by atoms with van der Waals surface area (Å²) in [7, 11) is 1.77. The molecule has 1 atom stereocenters. The van der Waals surface area contributed by atoms with Crippen molar-refractivity contribution in [1.82, 2.24) is 24.7 Å². The molecule has 1 saturated heterocycles. The minimum absolute atomic E-state index is 0.0441. The Morgan fingerprint density at radius 2 is 2.11 bits per heavy atom. The van der Waals surface area contributed by atoms with Crippen LogP contribution in [0.15, 0.2) is 42.7 Å². The van der Waals surface area contributed by atoms with Crippen LogP contribution >= 0.6 is 0 Å². The van der Waals surface area contributed by atoms with Crippen LogP contribution < -0.4 is 5.32 Å². The van der Waals surface area contributed by atoms with Gasteiger partial charge in [0, 0.05) is 45.6 Å². The highest BCUT2D eigenvalue weighted by Crippen LogP contribution is 2.13. The lowest BCUT2D eigenvalue weighted by Gasteiger charge is -2.35. The van der Waals surface area contributed by atoms with Crippen molar-refractivity contribution in [2.45, 2.75) is 38.9 Å². The van der Waals surface area contributed by atoms with Crippen LogP contribution in [0.4, 0.5) is 0 Å². The fraction of sp³-hybridized carbons (Fsp3) is 0.476. The molecule has 0 saturated carbocycles. The van der Waals surface area contributed by atoms with E-state index in [4.69, 9.17) is 0 Å². The smallest absolute Gasteiger partial charge is 0.237 e. The number of carbonyl (C=O) groups is 2. The fourth-order valence-corrected chi connectivity index (χ4v) is 3.57. The number of rotatable bonds is 8. The lowest BCUT2D eigenvalue weighted by atomic mass is 10.1. The molecule has 1 aliphatic rings. The summed E-state index contributed by atoms with van der Waals surface area (Å²) in [4.78, 5) is 33.4. The minimum atomic E-state index is -0.418. The van der Waals surface area contributed by atoms with Gasteiger partial charge in [0.25, 0.3) is 0 Å². The molecule has 0 spiro atoms. The molecule has 3 rings (SSSR count). The third-order valence-corrected chi connectivity index (χ3v) is 5.29. The van der Waals surface area contributed by atoms with Crippen LogP contribution in [-0.2, 0) is 29.1 Å². The molecule has 28 heavy (non-hydrogen) atoms. The number of amides is 2. The molecular weight excluding hydrogens is 354 g/mol. The lowest BCUT2D eigenvalue weighted by molar-refractivity contribution is -0.138. The maximum absolute atomic E-state index is 12.8. The van der Waals surface area contributed by atoms with Crippen LogP contribution in [-0.4, -0.2) is 63.9 Å². The third kappa shape index (κ3) is 4.98. The van der Waals surface area contributed by atoms with E-state index in [1.165, 1.54) is 5.56 Å². The Morgan fingerprint density at radius 3 is 2.86 bits per heavy atom. The maximum atomic E-state index is 12.8. The molecule has 7 heteroatoms. The van der Waals surface area contributed by atoms with Crippen molar-refractivity contribution in [3.05, 3.63) is 54.1 Å². The number of nitrogens with zero attached hydrogens (tertiary/aromatic N) is 4. The van der Waals surface area contributed by atoms with Gasteiger partial charge in [-0.1, -0.05) is 30.3 Å². The second-order valence-electron chi connectivity index (χ2n) is 7.16. The number of piperazine rings is 1. The van der Waals surface area contributed by atoms with Crippen LogP contribution in [0.5, 0.6) is 0 Å². The first-order valence-electron chi connectivity index (χ1n) is 9.88. The number of imidazole rings is 1. The monoisotopic (exact) mass is 383 g/mol. The summed E-state index contributed by atoms with van der Waals surface area (Å²) in [5.41, 5.74) is 1.24. The van der Waals surface area contributed by atoms with Crippen molar-refractivity contribution in [1.29, 1.82) is 0 Å². The van der Waals surface area contributed by atoms with Crippen molar-refractivity contribution in [2.24, 2.45) is 0 Å². The minimum Gasteiger partial charge on any atom is -0.353 e. The number of carbonyl (C=O) groups excluding carboxylic acids is 2. The van der Waals surface area contributed by atoms with Crippen molar-refractivity contribution >= 4 is 11.8 Å². The summed E-state index contributed by atoms with van der Waals surface area (Å²) in [5, 5.41) is 2.90. The molecular formula is C21H29N5O2. The van der Waals surface area contributed by atoms with Gasteiger partial charge in [0.1, 0.15) is 5.82 Å². The summed E-state index contributed by atoms with van der Waals surface area (Å²) in [6.45, 7) is 5.46. The highest BCUT2D eigenvalue weighted by Gasteiger charge is 2.32. The Balaban J connectivity index is 1.60. The highest BCUT2D eigenvalue weighted by atomic mass is 16.2. The molecule has 1 aromatic carbocycles. The Bertz CT molecular complexity index is 789. The zero-order valence-corrected chi connectivity index (χ0v) is 16.7. The molecule has 0 aliphatic carbocycles. The number of hydrogen-bond acceptors (Lipinski definition) is 4. The topological polar surface area (TPSA) is 70.5 Å². The molecule has 1 aromatic heterocycles. The predicted molar refractivity (Wildman–Crippen MR) is 108 cm³/mol. The normalized spacial score (nSPS) is 17.4. The van der Waals surface area contributed by atoms with Gasteiger partial charge in [0.2, 0.25) is 11.8 Å². The van der Waals surface area contributed by atoms with Crippen molar-refractivity contribution in [3.8, 4) is 0 Å². The van der Waals surface area contributed by atoms with E-state index in [-0.39, 0.29) is 18.2 Å². The first-order chi connectivity index (χ1) is 13.6. The standard InChI is InChI=1S/C21H29N5O2/c1-3-25-13-10-22-19(25)16-24(2)20(27)15-18-21(28)23-11-14-26(18)12-9-17-7-5-4-6-8-17/h4-8,10,13,18H,3,9,11-12,14-16H2,1-2H3,(H,23,28)/t18-/m1/s1. The predicted octanol–water partition coefficient (Wildman–Crippen LogP) is 1.29. The van der Waals surface area contributed by atoms with E-state index < -0.39 is 6.04 Å².